The zero-order valence-electron chi connectivity index (χ0n) is 45.1. The molecule has 3 N–H and O–H groups in total. The number of hydrogen-bond acceptors (Lipinski definition) is 5. The van der Waals surface area contributed by atoms with E-state index in [9.17, 15) is 19.8 Å². The zero-order valence-corrected chi connectivity index (χ0v) is 45.1. The third-order valence-corrected chi connectivity index (χ3v) is 14.4. The molecule has 0 aliphatic heterocycles. The van der Waals surface area contributed by atoms with Gasteiger partial charge in [-0.1, -0.05) is 310 Å². The molecule has 66 heavy (non-hydrogen) atoms. The molecule has 0 aromatic rings. The molecule has 0 saturated carbocycles. The predicted octanol–water partition coefficient (Wildman–Crippen LogP) is 18.7. The van der Waals surface area contributed by atoms with Crippen LogP contribution in [0, 0.1) is 0 Å². The second-order valence-corrected chi connectivity index (χ2v) is 21.1. The van der Waals surface area contributed by atoms with E-state index in [0.717, 1.165) is 38.5 Å². The van der Waals surface area contributed by atoms with Crippen molar-refractivity contribution in [1.29, 1.82) is 0 Å². The Morgan fingerprint density at radius 3 is 0.924 bits per heavy atom. The standard InChI is InChI=1S/C60H119NO5/c1-4-7-10-13-16-19-22-25-27-29-31-34-37-40-43-46-49-52-58(63)57(55-62)61-59(64)54-56(51-48-45-42-39-36-33-24-21-18-15-12-9-6-3)66-60(65)53-50-47-44-41-38-35-32-30-28-26-23-20-17-14-11-8-5-2/h56-58,62-63H,4-55H2,1-3H3,(H,61,64). The SMILES string of the molecule is CCCCCCCCCCCCCCCCCCCC(=O)OC(CCCCCCCCCCCCCCC)CC(=O)NC(CO)C(O)CCCCCCCCCCCCCCCCCCC. The van der Waals surface area contributed by atoms with Gasteiger partial charge in [0.2, 0.25) is 5.91 Å². The van der Waals surface area contributed by atoms with Gasteiger partial charge in [-0.3, -0.25) is 9.59 Å². The fourth-order valence-corrected chi connectivity index (χ4v) is 9.85. The van der Waals surface area contributed by atoms with Crippen molar-refractivity contribution in [3.63, 3.8) is 0 Å². The molecule has 3 atom stereocenters. The first-order valence-corrected chi connectivity index (χ1v) is 30.3. The lowest BCUT2D eigenvalue weighted by molar-refractivity contribution is -0.151. The number of ether oxygens (including phenoxy) is 1. The molecule has 0 aliphatic carbocycles. The highest BCUT2D eigenvalue weighted by molar-refractivity contribution is 5.77. The van der Waals surface area contributed by atoms with E-state index >= 15 is 0 Å². The number of unbranched alkanes of at least 4 members (excludes halogenated alkanes) is 44. The molecule has 0 bridgehead atoms. The topological polar surface area (TPSA) is 95.9 Å². The summed E-state index contributed by atoms with van der Waals surface area (Å²) in [4.78, 5) is 26.3. The van der Waals surface area contributed by atoms with E-state index in [-0.39, 0.29) is 24.9 Å². The van der Waals surface area contributed by atoms with Crippen molar-refractivity contribution < 1.29 is 24.5 Å². The Balaban J connectivity index is 4.42. The Morgan fingerprint density at radius 1 is 0.379 bits per heavy atom. The minimum Gasteiger partial charge on any atom is -0.462 e. The third kappa shape index (κ3) is 49.3. The summed E-state index contributed by atoms with van der Waals surface area (Å²) in [5.74, 6) is -0.443. The molecular formula is C60H119NO5. The van der Waals surface area contributed by atoms with Gasteiger partial charge < -0.3 is 20.3 Å². The second kappa shape index (κ2) is 54.8. The maximum absolute atomic E-state index is 13.3. The number of rotatable bonds is 56. The normalized spacial score (nSPS) is 13.0. The summed E-state index contributed by atoms with van der Waals surface area (Å²) in [5.41, 5.74) is 0. The second-order valence-electron chi connectivity index (χ2n) is 21.1. The van der Waals surface area contributed by atoms with Crippen LogP contribution in [-0.2, 0) is 14.3 Å². The predicted molar refractivity (Wildman–Crippen MR) is 287 cm³/mol. The molecule has 0 heterocycles. The lowest BCUT2D eigenvalue weighted by atomic mass is 10.0. The molecule has 1 amide bonds. The van der Waals surface area contributed by atoms with Gasteiger partial charge in [0.25, 0.3) is 0 Å². The molecule has 0 fully saturated rings. The van der Waals surface area contributed by atoms with Gasteiger partial charge in [0, 0.05) is 6.42 Å². The van der Waals surface area contributed by atoms with Crippen molar-refractivity contribution in [3.05, 3.63) is 0 Å². The summed E-state index contributed by atoms with van der Waals surface area (Å²) >= 11 is 0. The summed E-state index contributed by atoms with van der Waals surface area (Å²) in [6.07, 6.45) is 61.7. The fraction of sp³-hybridized carbons (Fsp3) is 0.967. The first kappa shape index (κ1) is 64.9. The highest BCUT2D eigenvalue weighted by atomic mass is 16.5. The first-order valence-electron chi connectivity index (χ1n) is 30.3. The number of aliphatic hydroxyl groups excluding tert-OH is 2. The minimum absolute atomic E-state index is 0.0887. The quantitative estimate of drug-likeness (QED) is 0.0417. The van der Waals surface area contributed by atoms with Gasteiger partial charge in [0.1, 0.15) is 6.10 Å². The minimum atomic E-state index is -0.780. The van der Waals surface area contributed by atoms with Gasteiger partial charge in [-0.05, 0) is 25.7 Å². The number of amides is 1. The number of esters is 1. The third-order valence-electron chi connectivity index (χ3n) is 14.4. The molecule has 0 saturated heterocycles. The largest absolute Gasteiger partial charge is 0.462 e. The molecule has 0 rings (SSSR count). The average Bonchev–Trinajstić information content (AvgIpc) is 3.31. The molecule has 6 nitrogen and oxygen atoms in total. The smallest absolute Gasteiger partial charge is 0.306 e. The van der Waals surface area contributed by atoms with E-state index in [1.807, 2.05) is 0 Å². The number of carbonyl (C=O) groups is 2. The molecule has 0 aliphatic rings. The van der Waals surface area contributed by atoms with Gasteiger partial charge in [-0.25, -0.2) is 0 Å². The Kier molecular flexibility index (Phi) is 53.8. The van der Waals surface area contributed by atoms with Crippen LogP contribution in [0.1, 0.15) is 348 Å². The van der Waals surface area contributed by atoms with Gasteiger partial charge in [-0.15, -0.1) is 0 Å². The van der Waals surface area contributed by atoms with Crippen molar-refractivity contribution in [1.82, 2.24) is 5.32 Å². The van der Waals surface area contributed by atoms with E-state index in [4.69, 9.17) is 4.74 Å². The monoisotopic (exact) mass is 934 g/mol. The summed E-state index contributed by atoms with van der Waals surface area (Å²) < 4.78 is 5.97. The molecule has 0 spiro atoms. The van der Waals surface area contributed by atoms with Crippen LogP contribution in [0.5, 0.6) is 0 Å². The zero-order chi connectivity index (χ0) is 48.1. The van der Waals surface area contributed by atoms with Gasteiger partial charge >= 0.3 is 5.97 Å². The number of hydrogen-bond donors (Lipinski definition) is 3. The number of carbonyl (C=O) groups excluding carboxylic acids is 2. The summed E-state index contributed by atoms with van der Waals surface area (Å²) in [6.45, 7) is 6.55. The van der Waals surface area contributed by atoms with Crippen LogP contribution in [0.3, 0.4) is 0 Å². The van der Waals surface area contributed by atoms with Crippen molar-refractivity contribution in [3.8, 4) is 0 Å². The van der Waals surface area contributed by atoms with Crippen LogP contribution in [0.4, 0.5) is 0 Å². The Bertz CT molecular complexity index is 959. The fourth-order valence-electron chi connectivity index (χ4n) is 9.85. The molecule has 0 aromatic carbocycles. The first-order chi connectivity index (χ1) is 32.5. The van der Waals surface area contributed by atoms with Crippen LogP contribution < -0.4 is 5.32 Å². The maximum atomic E-state index is 13.3. The van der Waals surface area contributed by atoms with Crippen LogP contribution in [0.15, 0.2) is 0 Å². The van der Waals surface area contributed by atoms with Gasteiger partial charge in [0.05, 0.1) is 25.2 Å². The number of nitrogens with one attached hydrogen (secondary N) is 1. The van der Waals surface area contributed by atoms with Crippen molar-refractivity contribution in [2.24, 2.45) is 0 Å². The molecule has 0 aromatic heterocycles. The van der Waals surface area contributed by atoms with E-state index in [2.05, 4.69) is 26.1 Å². The maximum Gasteiger partial charge on any atom is 0.306 e. The highest BCUT2D eigenvalue weighted by Crippen LogP contribution is 2.20. The summed E-state index contributed by atoms with van der Waals surface area (Å²) in [5, 5.41) is 23.9. The molecular weight excluding hydrogens is 815 g/mol. The van der Waals surface area contributed by atoms with E-state index in [0.29, 0.717) is 19.3 Å². The van der Waals surface area contributed by atoms with Crippen molar-refractivity contribution in [2.75, 3.05) is 6.61 Å². The number of aliphatic hydroxyl groups is 2. The molecule has 0 radical (unpaired) electrons. The van der Waals surface area contributed by atoms with E-state index < -0.39 is 18.2 Å². The Morgan fingerprint density at radius 2 is 0.636 bits per heavy atom. The van der Waals surface area contributed by atoms with Crippen LogP contribution in [0.25, 0.3) is 0 Å². The Labute approximate surface area is 413 Å². The van der Waals surface area contributed by atoms with Gasteiger partial charge in [-0.2, -0.15) is 0 Å². The lowest BCUT2D eigenvalue weighted by Gasteiger charge is -2.24. The lowest BCUT2D eigenvalue weighted by Crippen LogP contribution is -2.46. The summed E-state index contributed by atoms with van der Waals surface area (Å²) in [7, 11) is 0. The summed E-state index contributed by atoms with van der Waals surface area (Å²) in [6, 6.07) is -0.693. The van der Waals surface area contributed by atoms with E-state index in [1.54, 1.807) is 0 Å². The highest BCUT2D eigenvalue weighted by Gasteiger charge is 2.24. The molecule has 6 heteroatoms. The molecule has 3 unspecified atom stereocenters. The van der Waals surface area contributed by atoms with Crippen LogP contribution >= 0.6 is 0 Å². The molecule has 394 valence electrons. The van der Waals surface area contributed by atoms with Crippen LogP contribution in [-0.4, -0.2) is 46.9 Å². The van der Waals surface area contributed by atoms with Gasteiger partial charge in [0.15, 0.2) is 0 Å². The van der Waals surface area contributed by atoms with Crippen molar-refractivity contribution in [2.45, 2.75) is 366 Å². The average molecular weight is 935 g/mol. The Hall–Kier alpha value is -1.14. The van der Waals surface area contributed by atoms with Crippen molar-refractivity contribution >= 4 is 11.9 Å². The van der Waals surface area contributed by atoms with Crippen LogP contribution in [0.2, 0.25) is 0 Å². The van der Waals surface area contributed by atoms with E-state index in [1.165, 1.54) is 263 Å².